The number of carbonyl (C=O) groups excluding carboxylic acids is 1. The van der Waals surface area contributed by atoms with Crippen molar-refractivity contribution in [3.63, 3.8) is 0 Å². The van der Waals surface area contributed by atoms with Crippen LogP contribution >= 0.6 is 0 Å². The maximum atomic E-state index is 11.8. The Hall–Kier alpha value is -1.04. The van der Waals surface area contributed by atoms with Gasteiger partial charge in [-0.3, -0.25) is 4.79 Å². The van der Waals surface area contributed by atoms with Gasteiger partial charge in [-0.05, 0) is 37.0 Å². The number of fused-ring (bicyclic) bond motifs is 1. The van der Waals surface area contributed by atoms with Crippen molar-refractivity contribution >= 4 is 5.91 Å². The highest BCUT2D eigenvalue weighted by Gasteiger charge is 2.48. The quantitative estimate of drug-likeness (QED) is 0.764. The largest absolute Gasteiger partial charge is 0.340 e. The Morgan fingerprint density at radius 1 is 1.33 bits per heavy atom. The number of nitrogens with zero attached hydrogens (tertiary/aromatic N) is 1. The molecular weight excluding hydrogens is 188 g/mol. The molecule has 0 aromatic rings. The average molecular weight is 206 g/mol. The van der Waals surface area contributed by atoms with E-state index in [1.165, 1.54) is 6.42 Å². The second kappa shape index (κ2) is 3.84. The molecule has 2 saturated carbocycles. The van der Waals surface area contributed by atoms with Gasteiger partial charge in [-0.15, -0.1) is 0 Å². The molecule has 2 aliphatic rings. The fraction of sp³-hybridized carbons (Fsp3) is 0.833. The zero-order valence-electron chi connectivity index (χ0n) is 9.36. The van der Waals surface area contributed by atoms with Gasteiger partial charge < -0.3 is 5.32 Å². The molecule has 3 atom stereocenters. The molecule has 2 aliphatic carbocycles. The second-order valence-electron chi connectivity index (χ2n) is 5.28. The normalized spacial score (nSPS) is 34.4. The standard InChI is InChI=1S/C12H18N2O/c1-7(2)11(6-13)14-12(15)10-4-8-3-9(8)5-10/h7-11H,3-5H2,1-2H3,(H,14,15). The molecule has 1 N–H and O–H groups in total. The van der Waals surface area contributed by atoms with Crippen LogP contribution in [0.15, 0.2) is 0 Å². The maximum absolute atomic E-state index is 11.8. The summed E-state index contributed by atoms with van der Waals surface area (Å²) < 4.78 is 0. The first-order valence-corrected chi connectivity index (χ1v) is 5.81. The van der Waals surface area contributed by atoms with E-state index < -0.39 is 0 Å². The van der Waals surface area contributed by atoms with E-state index in [1.807, 2.05) is 13.8 Å². The van der Waals surface area contributed by atoms with E-state index in [4.69, 9.17) is 5.26 Å². The summed E-state index contributed by atoms with van der Waals surface area (Å²) in [4.78, 5) is 11.8. The van der Waals surface area contributed by atoms with Gasteiger partial charge >= 0.3 is 0 Å². The fourth-order valence-electron chi connectivity index (χ4n) is 2.55. The molecule has 3 heteroatoms. The summed E-state index contributed by atoms with van der Waals surface area (Å²) in [7, 11) is 0. The minimum atomic E-state index is -0.325. The minimum Gasteiger partial charge on any atom is -0.340 e. The second-order valence-corrected chi connectivity index (χ2v) is 5.28. The van der Waals surface area contributed by atoms with Gasteiger partial charge in [0.15, 0.2) is 0 Å². The molecule has 0 spiro atoms. The predicted octanol–water partition coefficient (Wildman–Crippen LogP) is 1.70. The zero-order chi connectivity index (χ0) is 11.0. The van der Waals surface area contributed by atoms with Crippen LogP contribution in [0.3, 0.4) is 0 Å². The van der Waals surface area contributed by atoms with Crippen LogP contribution in [0.4, 0.5) is 0 Å². The van der Waals surface area contributed by atoms with Gasteiger partial charge in [-0.25, -0.2) is 0 Å². The van der Waals surface area contributed by atoms with Gasteiger partial charge in [0, 0.05) is 5.92 Å². The Bertz CT molecular complexity index is 295. The summed E-state index contributed by atoms with van der Waals surface area (Å²) in [6.45, 7) is 3.92. The molecule has 2 fully saturated rings. The molecule has 0 radical (unpaired) electrons. The smallest absolute Gasteiger partial charge is 0.224 e. The highest BCUT2D eigenvalue weighted by Crippen LogP contribution is 2.54. The molecule has 0 heterocycles. The van der Waals surface area contributed by atoms with E-state index in [9.17, 15) is 4.79 Å². The first-order chi connectivity index (χ1) is 7.11. The summed E-state index contributed by atoms with van der Waals surface area (Å²) >= 11 is 0. The van der Waals surface area contributed by atoms with Gasteiger partial charge in [0.05, 0.1) is 6.07 Å². The van der Waals surface area contributed by atoms with Crippen LogP contribution in [0.2, 0.25) is 0 Å². The lowest BCUT2D eigenvalue weighted by Gasteiger charge is -2.18. The highest BCUT2D eigenvalue weighted by molar-refractivity contribution is 5.79. The summed E-state index contributed by atoms with van der Waals surface area (Å²) in [5.74, 6) is 2.11. The lowest BCUT2D eigenvalue weighted by Crippen LogP contribution is -2.40. The van der Waals surface area contributed by atoms with Crippen LogP contribution in [0.5, 0.6) is 0 Å². The van der Waals surface area contributed by atoms with Crippen molar-refractivity contribution in [1.82, 2.24) is 5.32 Å². The summed E-state index contributed by atoms with van der Waals surface area (Å²) in [6.07, 6.45) is 3.43. The number of amides is 1. The molecule has 0 aliphatic heterocycles. The van der Waals surface area contributed by atoms with Crippen LogP contribution in [-0.4, -0.2) is 11.9 Å². The SMILES string of the molecule is CC(C)C(C#N)NC(=O)C1CC2CC2C1. The Morgan fingerprint density at radius 2 is 1.93 bits per heavy atom. The number of rotatable bonds is 3. The summed E-state index contributed by atoms with van der Waals surface area (Å²) in [5, 5.41) is 11.7. The van der Waals surface area contributed by atoms with E-state index in [1.54, 1.807) is 0 Å². The predicted molar refractivity (Wildman–Crippen MR) is 56.7 cm³/mol. The van der Waals surface area contributed by atoms with Crippen molar-refractivity contribution in [3.8, 4) is 6.07 Å². The topological polar surface area (TPSA) is 52.9 Å². The van der Waals surface area contributed by atoms with Gasteiger partial charge in [0.2, 0.25) is 5.91 Å². The number of nitrogens with one attached hydrogen (secondary N) is 1. The zero-order valence-corrected chi connectivity index (χ0v) is 9.36. The van der Waals surface area contributed by atoms with Gasteiger partial charge in [0.1, 0.15) is 6.04 Å². The number of nitriles is 1. The lowest BCUT2D eigenvalue weighted by atomic mass is 10.0. The molecule has 3 unspecified atom stereocenters. The van der Waals surface area contributed by atoms with E-state index in [-0.39, 0.29) is 23.8 Å². The van der Waals surface area contributed by atoms with Crippen LogP contribution < -0.4 is 5.32 Å². The molecule has 0 aromatic heterocycles. The van der Waals surface area contributed by atoms with Crippen LogP contribution in [0.25, 0.3) is 0 Å². The number of carbonyl (C=O) groups is 1. The van der Waals surface area contributed by atoms with Gasteiger partial charge in [-0.2, -0.15) is 5.26 Å². The third-order valence-corrected chi connectivity index (χ3v) is 3.72. The Morgan fingerprint density at radius 3 is 2.40 bits per heavy atom. The van der Waals surface area contributed by atoms with Crippen molar-refractivity contribution in [3.05, 3.63) is 0 Å². The first-order valence-electron chi connectivity index (χ1n) is 5.81. The average Bonchev–Trinajstić information content (AvgIpc) is 2.81. The molecule has 15 heavy (non-hydrogen) atoms. The molecule has 1 amide bonds. The van der Waals surface area contributed by atoms with Crippen molar-refractivity contribution in [1.29, 1.82) is 5.26 Å². The molecule has 0 bridgehead atoms. The van der Waals surface area contributed by atoms with Crippen LogP contribution in [-0.2, 0) is 4.79 Å². The Balaban J connectivity index is 1.84. The monoisotopic (exact) mass is 206 g/mol. The van der Waals surface area contributed by atoms with E-state index in [0.29, 0.717) is 0 Å². The fourth-order valence-corrected chi connectivity index (χ4v) is 2.55. The molecule has 0 aromatic carbocycles. The number of hydrogen-bond acceptors (Lipinski definition) is 2. The third-order valence-electron chi connectivity index (χ3n) is 3.72. The maximum Gasteiger partial charge on any atom is 0.224 e. The van der Waals surface area contributed by atoms with Crippen molar-refractivity contribution in [2.45, 2.75) is 39.2 Å². The molecule has 2 rings (SSSR count). The van der Waals surface area contributed by atoms with E-state index >= 15 is 0 Å². The summed E-state index contributed by atoms with van der Waals surface area (Å²) in [6, 6.07) is 1.82. The Kier molecular flexibility index (Phi) is 2.68. The van der Waals surface area contributed by atoms with E-state index in [0.717, 1.165) is 24.7 Å². The molecule has 82 valence electrons. The lowest BCUT2D eigenvalue weighted by molar-refractivity contribution is -0.125. The molecular formula is C12H18N2O. The summed E-state index contributed by atoms with van der Waals surface area (Å²) in [5.41, 5.74) is 0. The first kappa shape index (κ1) is 10.5. The molecule has 0 saturated heterocycles. The Labute approximate surface area is 90.8 Å². The van der Waals surface area contributed by atoms with Crippen molar-refractivity contribution in [2.24, 2.45) is 23.7 Å². The van der Waals surface area contributed by atoms with Crippen LogP contribution in [0, 0.1) is 35.0 Å². The van der Waals surface area contributed by atoms with Gasteiger partial charge in [-0.1, -0.05) is 13.8 Å². The number of hydrogen-bond donors (Lipinski definition) is 1. The van der Waals surface area contributed by atoms with Crippen molar-refractivity contribution < 1.29 is 4.79 Å². The van der Waals surface area contributed by atoms with Gasteiger partial charge in [0.25, 0.3) is 0 Å². The molecule has 3 nitrogen and oxygen atoms in total. The third kappa shape index (κ3) is 2.14. The van der Waals surface area contributed by atoms with E-state index in [2.05, 4.69) is 11.4 Å². The van der Waals surface area contributed by atoms with Crippen LogP contribution in [0.1, 0.15) is 33.1 Å². The minimum absolute atomic E-state index is 0.0995. The van der Waals surface area contributed by atoms with Crippen molar-refractivity contribution in [2.75, 3.05) is 0 Å². The highest BCUT2D eigenvalue weighted by atomic mass is 16.1.